The van der Waals surface area contributed by atoms with Crippen molar-refractivity contribution >= 4 is 33.4 Å². The Bertz CT molecular complexity index is 833. The molecule has 0 aliphatic rings. The maximum atomic E-state index is 12.5. The topological polar surface area (TPSA) is 58.6 Å². The molecule has 2 amide bonds. The molecular weight excluding hydrogens is 432 g/mol. The molecule has 0 unspecified atom stereocenters. The lowest BCUT2D eigenvalue weighted by Gasteiger charge is -2.12. The van der Waals surface area contributed by atoms with Crippen LogP contribution in [0.1, 0.15) is 42.6 Å². The minimum Gasteiger partial charge on any atom is -0.492 e. The molecule has 1 N–H and O–H groups in total. The fraction of sp³-hybridized carbons (Fsp3) is 0.391. The number of amides is 2. The summed E-state index contributed by atoms with van der Waals surface area (Å²) in [5.41, 5.74) is 2.32. The van der Waals surface area contributed by atoms with E-state index < -0.39 is 0 Å². The van der Waals surface area contributed by atoms with Gasteiger partial charge in [-0.15, -0.1) is 0 Å². The van der Waals surface area contributed by atoms with Crippen molar-refractivity contribution in [3.63, 3.8) is 0 Å². The van der Waals surface area contributed by atoms with E-state index in [0.29, 0.717) is 36.6 Å². The number of rotatable bonds is 9. The van der Waals surface area contributed by atoms with Gasteiger partial charge in [0.15, 0.2) is 0 Å². The molecule has 0 spiro atoms. The summed E-state index contributed by atoms with van der Waals surface area (Å²) >= 11 is 3.48. The van der Waals surface area contributed by atoms with Crippen molar-refractivity contribution in [3.8, 4) is 5.75 Å². The van der Waals surface area contributed by atoms with Gasteiger partial charge in [0.05, 0.1) is 11.1 Å². The molecule has 2 aromatic carbocycles. The summed E-state index contributed by atoms with van der Waals surface area (Å²) in [5.74, 6) is 1.23. The average molecular weight is 461 g/mol. The van der Waals surface area contributed by atoms with Gasteiger partial charge in [-0.3, -0.25) is 9.59 Å². The Morgan fingerprint density at radius 3 is 2.38 bits per heavy atom. The number of hydrogen-bond acceptors (Lipinski definition) is 3. The van der Waals surface area contributed by atoms with Gasteiger partial charge < -0.3 is 15.0 Å². The molecule has 0 aromatic heterocycles. The van der Waals surface area contributed by atoms with E-state index in [1.54, 1.807) is 31.1 Å². The van der Waals surface area contributed by atoms with E-state index >= 15 is 0 Å². The van der Waals surface area contributed by atoms with Crippen molar-refractivity contribution in [1.82, 2.24) is 4.90 Å². The Balaban J connectivity index is 1.92. The normalized spacial score (nSPS) is 10.7. The molecule has 0 bridgehead atoms. The maximum Gasteiger partial charge on any atom is 0.255 e. The number of nitrogens with zero attached hydrogens (tertiary/aromatic N) is 1. The molecule has 2 rings (SSSR count). The number of aryl methyl sites for hydroxylation is 1. The fourth-order valence-electron chi connectivity index (χ4n) is 2.60. The Morgan fingerprint density at radius 1 is 1.10 bits per heavy atom. The minimum atomic E-state index is -0.185. The third-order valence-corrected chi connectivity index (χ3v) is 5.10. The minimum absolute atomic E-state index is 0.101. The predicted molar refractivity (Wildman–Crippen MR) is 121 cm³/mol. The van der Waals surface area contributed by atoms with Gasteiger partial charge in [0, 0.05) is 31.8 Å². The first-order valence-corrected chi connectivity index (χ1v) is 10.6. The Morgan fingerprint density at radius 2 is 1.79 bits per heavy atom. The number of nitrogens with one attached hydrogen (secondary N) is 1. The zero-order valence-corrected chi connectivity index (χ0v) is 19.1. The molecule has 0 atom stereocenters. The monoisotopic (exact) mass is 460 g/mol. The van der Waals surface area contributed by atoms with E-state index in [4.69, 9.17) is 4.74 Å². The Labute approximate surface area is 181 Å². The largest absolute Gasteiger partial charge is 0.492 e. The van der Waals surface area contributed by atoms with E-state index in [1.807, 2.05) is 30.3 Å². The molecule has 6 heteroatoms. The number of halogens is 1. The van der Waals surface area contributed by atoms with Crippen molar-refractivity contribution in [2.75, 3.05) is 26.0 Å². The van der Waals surface area contributed by atoms with Crippen LogP contribution in [0.3, 0.4) is 0 Å². The smallest absolute Gasteiger partial charge is 0.255 e. The van der Waals surface area contributed by atoms with Crippen molar-refractivity contribution in [2.45, 2.75) is 33.1 Å². The first-order chi connectivity index (χ1) is 13.8. The highest BCUT2D eigenvalue weighted by molar-refractivity contribution is 9.10. The van der Waals surface area contributed by atoms with Crippen LogP contribution in [-0.2, 0) is 11.2 Å². The number of anilines is 1. The SMILES string of the molecule is CC(C)CCOc1ccc(C(=O)Nc2ccc(CCC(=O)N(C)C)cc2)cc1Br. The van der Waals surface area contributed by atoms with Gasteiger partial charge in [-0.05, 0) is 70.6 Å². The summed E-state index contributed by atoms with van der Waals surface area (Å²) in [6, 6.07) is 12.9. The van der Waals surface area contributed by atoms with Crippen LogP contribution in [0, 0.1) is 5.92 Å². The predicted octanol–water partition coefficient (Wildman–Crippen LogP) is 5.15. The Kier molecular flexibility index (Phi) is 8.70. The number of carbonyl (C=O) groups excluding carboxylic acids is 2. The molecule has 2 aromatic rings. The highest BCUT2D eigenvalue weighted by Gasteiger charge is 2.10. The standard InChI is InChI=1S/C23H29BrN2O3/c1-16(2)13-14-29-21-11-8-18(15-20(21)24)23(28)25-19-9-5-17(6-10-19)7-12-22(27)26(3)4/h5-6,8-11,15-16H,7,12-14H2,1-4H3,(H,25,28). The maximum absolute atomic E-state index is 12.5. The lowest BCUT2D eigenvalue weighted by molar-refractivity contribution is -0.128. The molecule has 0 aliphatic heterocycles. The van der Waals surface area contributed by atoms with Crippen LogP contribution in [0.25, 0.3) is 0 Å². The van der Waals surface area contributed by atoms with Crippen LogP contribution in [0.2, 0.25) is 0 Å². The van der Waals surface area contributed by atoms with Crippen LogP contribution in [0.15, 0.2) is 46.9 Å². The molecule has 0 fully saturated rings. The van der Waals surface area contributed by atoms with Gasteiger partial charge in [-0.2, -0.15) is 0 Å². The van der Waals surface area contributed by atoms with Crippen molar-refractivity contribution in [1.29, 1.82) is 0 Å². The van der Waals surface area contributed by atoms with Crippen molar-refractivity contribution in [2.24, 2.45) is 5.92 Å². The van der Waals surface area contributed by atoms with Gasteiger partial charge in [0.25, 0.3) is 5.91 Å². The third kappa shape index (κ3) is 7.54. The molecule has 5 nitrogen and oxygen atoms in total. The van der Waals surface area contributed by atoms with Gasteiger partial charge >= 0.3 is 0 Å². The highest BCUT2D eigenvalue weighted by atomic mass is 79.9. The van der Waals surface area contributed by atoms with Crippen LogP contribution < -0.4 is 10.1 Å². The first kappa shape index (κ1) is 22.9. The zero-order chi connectivity index (χ0) is 21.4. The number of carbonyl (C=O) groups is 2. The molecule has 0 saturated heterocycles. The van der Waals surface area contributed by atoms with Crippen LogP contribution in [-0.4, -0.2) is 37.4 Å². The second-order valence-electron chi connectivity index (χ2n) is 7.62. The van der Waals surface area contributed by atoms with E-state index in [1.165, 1.54) is 0 Å². The van der Waals surface area contributed by atoms with Crippen LogP contribution >= 0.6 is 15.9 Å². The second kappa shape index (κ2) is 11.0. The fourth-order valence-corrected chi connectivity index (χ4v) is 3.09. The summed E-state index contributed by atoms with van der Waals surface area (Å²) in [4.78, 5) is 25.8. The summed E-state index contributed by atoms with van der Waals surface area (Å²) < 4.78 is 6.52. The van der Waals surface area contributed by atoms with Gasteiger partial charge in [-0.1, -0.05) is 26.0 Å². The molecule has 0 radical (unpaired) electrons. The summed E-state index contributed by atoms with van der Waals surface area (Å²) in [5, 5.41) is 2.90. The molecular formula is C23H29BrN2O3. The van der Waals surface area contributed by atoms with Gasteiger partial charge in [0.1, 0.15) is 5.75 Å². The summed E-state index contributed by atoms with van der Waals surface area (Å²) in [6.45, 7) is 4.96. The van der Waals surface area contributed by atoms with Crippen molar-refractivity contribution in [3.05, 3.63) is 58.1 Å². The summed E-state index contributed by atoms with van der Waals surface area (Å²) in [6.07, 6.45) is 2.13. The van der Waals surface area contributed by atoms with Crippen LogP contribution in [0.4, 0.5) is 5.69 Å². The second-order valence-corrected chi connectivity index (χ2v) is 8.47. The third-order valence-electron chi connectivity index (χ3n) is 4.48. The zero-order valence-electron chi connectivity index (χ0n) is 17.5. The lowest BCUT2D eigenvalue weighted by atomic mass is 10.1. The molecule has 156 valence electrons. The quantitative estimate of drug-likeness (QED) is 0.562. The Hall–Kier alpha value is -2.34. The molecule has 0 saturated carbocycles. The average Bonchev–Trinajstić information content (AvgIpc) is 2.68. The molecule has 29 heavy (non-hydrogen) atoms. The summed E-state index contributed by atoms with van der Waals surface area (Å²) in [7, 11) is 3.51. The lowest BCUT2D eigenvalue weighted by Crippen LogP contribution is -2.21. The number of benzene rings is 2. The van der Waals surface area contributed by atoms with E-state index in [0.717, 1.165) is 22.2 Å². The van der Waals surface area contributed by atoms with Crippen molar-refractivity contribution < 1.29 is 14.3 Å². The molecule has 0 aliphatic carbocycles. The highest BCUT2D eigenvalue weighted by Crippen LogP contribution is 2.27. The van der Waals surface area contributed by atoms with E-state index in [-0.39, 0.29) is 11.8 Å². The number of ether oxygens (including phenoxy) is 1. The first-order valence-electron chi connectivity index (χ1n) is 9.79. The van der Waals surface area contributed by atoms with E-state index in [9.17, 15) is 9.59 Å². The number of hydrogen-bond donors (Lipinski definition) is 1. The van der Waals surface area contributed by atoms with Crippen LogP contribution in [0.5, 0.6) is 5.75 Å². The molecule has 0 heterocycles. The van der Waals surface area contributed by atoms with Gasteiger partial charge in [0.2, 0.25) is 5.91 Å². The van der Waals surface area contributed by atoms with Gasteiger partial charge in [-0.25, -0.2) is 0 Å². The van der Waals surface area contributed by atoms with E-state index in [2.05, 4.69) is 35.1 Å².